The van der Waals surface area contributed by atoms with Gasteiger partial charge in [-0.2, -0.15) is 18.3 Å². The smallest absolute Gasteiger partial charge is 0.352 e. The maximum atomic E-state index is 12.5. The van der Waals surface area contributed by atoms with Gasteiger partial charge in [0.1, 0.15) is 0 Å². The molecule has 1 unspecified atom stereocenters. The predicted molar refractivity (Wildman–Crippen MR) is 113 cm³/mol. The zero-order valence-electron chi connectivity index (χ0n) is 15.5. The summed E-state index contributed by atoms with van der Waals surface area (Å²) in [6.45, 7) is 0.436. The molecule has 0 bridgehead atoms. The van der Waals surface area contributed by atoms with Gasteiger partial charge in [-0.3, -0.25) is 9.89 Å². The predicted octanol–water partition coefficient (Wildman–Crippen LogP) is 2.79. The highest BCUT2D eigenvalue weighted by atomic mass is 127. The van der Waals surface area contributed by atoms with Crippen LogP contribution in [0.15, 0.2) is 47.7 Å². The molecule has 0 amide bonds. The van der Waals surface area contributed by atoms with Crippen molar-refractivity contribution in [3.8, 4) is 5.69 Å². The lowest BCUT2D eigenvalue weighted by Crippen LogP contribution is -2.44. The number of nitrogens with zero attached hydrogens (tertiary/aromatic N) is 4. The minimum Gasteiger partial charge on any atom is -0.352 e. The standard InChI is InChI=1S/C18H23F3N6.HI/c1-22-17(25-15-7-8-26(12-15)13-18(19,20)21)23-9-14-10-24-27(11-14)16-5-3-2-4-6-16;/h2-6,10-11,15H,7-9,12-13H2,1H3,(H2,22,23,25);1H. The first kappa shape index (κ1) is 22.5. The minimum atomic E-state index is -4.16. The molecule has 3 rings (SSSR count). The summed E-state index contributed by atoms with van der Waals surface area (Å²) in [6, 6.07) is 9.74. The molecular formula is C18H24F3IN6. The first-order chi connectivity index (χ1) is 12.9. The van der Waals surface area contributed by atoms with Crippen LogP contribution in [0.3, 0.4) is 0 Å². The van der Waals surface area contributed by atoms with Crippen molar-refractivity contribution < 1.29 is 13.2 Å². The molecule has 0 radical (unpaired) electrons. The van der Waals surface area contributed by atoms with Crippen molar-refractivity contribution in [1.82, 2.24) is 25.3 Å². The Bertz CT molecular complexity index is 762. The summed E-state index contributed by atoms with van der Waals surface area (Å²) in [5.41, 5.74) is 1.95. The Labute approximate surface area is 179 Å². The quantitative estimate of drug-likeness (QED) is 0.371. The van der Waals surface area contributed by atoms with Crippen LogP contribution in [0.25, 0.3) is 5.69 Å². The van der Waals surface area contributed by atoms with Gasteiger partial charge < -0.3 is 10.6 Å². The molecule has 0 saturated carbocycles. The van der Waals surface area contributed by atoms with Gasteiger partial charge in [0.15, 0.2) is 5.96 Å². The zero-order valence-corrected chi connectivity index (χ0v) is 17.8. The average molecular weight is 508 g/mol. The highest BCUT2D eigenvalue weighted by Gasteiger charge is 2.34. The van der Waals surface area contributed by atoms with E-state index in [2.05, 4.69) is 20.7 Å². The summed E-state index contributed by atoms with van der Waals surface area (Å²) >= 11 is 0. The summed E-state index contributed by atoms with van der Waals surface area (Å²) in [6.07, 6.45) is 0.195. The van der Waals surface area contributed by atoms with Crippen LogP contribution in [-0.4, -0.2) is 59.5 Å². The van der Waals surface area contributed by atoms with Crippen molar-refractivity contribution in [3.05, 3.63) is 48.3 Å². The third-order valence-electron chi connectivity index (χ3n) is 4.36. The van der Waals surface area contributed by atoms with E-state index in [1.165, 1.54) is 4.90 Å². The number of likely N-dealkylation sites (tertiary alicyclic amines) is 1. The van der Waals surface area contributed by atoms with Crippen molar-refractivity contribution in [2.24, 2.45) is 4.99 Å². The van der Waals surface area contributed by atoms with Gasteiger partial charge in [-0.25, -0.2) is 4.68 Å². The normalized spacial score (nSPS) is 18.0. The van der Waals surface area contributed by atoms with Gasteiger partial charge in [-0.15, -0.1) is 24.0 Å². The molecule has 1 saturated heterocycles. The molecule has 6 nitrogen and oxygen atoms in total. The number of alkyl halides is 3. The lowest BCUT2D eigenvalue weighted by molar-refractivity contribution is -0.143. The Morgan fingerprint density at radius 2 is 2.04 bits per heavy atom. The molecule has 28 heavy (non-hydrogen) atoms. The van der Waals surface area contributed by atoms with Gasteiger partial charge in [0.25, 0.3) is 0 Å². The molecule has 1 aromatic carbocycles. The van der Waals surface area contributed by atoms with E-state index in [0.717, 1.165) is 11.3 Å². The average Bonchev–Trinajstić information content (AvgIpc) is 3.27. The van der Waals surface area contributed by atoms with E-state index in [9.17, 15) is 13.2 Å². The van der Waals surface area contributed by atoms with E-state index in [4.69, 9.17) is 0 Å². The fourth-order valence-corrected chi connectivity index (χ4v) is 3.09. The molecule has 1 aromatic heterocycles. The second-order valence-electron chi connectivity index (χ2n) is 6.53. The number of guanidine groups is 1. The molecule has 1 aliphatic heterocycles. The van der Waals surface area contributed by atoms with Crippen molar-refractivity contribution in [1.29, 1.82) is 0 Å². The first-order valence-corrected chi connectivity index (χ1v) is 8.78. The molecule has 10 heteroatoms. The number of aliphatic imine (C=N–C) groups is 1. The van der Waals surface area contributed by atoms with Crippen molar-refractivity contribution in [2.75, 3.05) is 26.7 Å². The third kappa shape index (κ3) is 6.66. The van der Waals surface area contributed by atoms with Gasteiger partial charge in [-0.05, 0) is 18.6 Å². The van der Waals surface area contributed by atoms with E-state index >= 15 is 0 Å². The van der Waals surface area contributed by atoms with Crippen LogP contribution >= 0.6 is 24.0 Å². The van der Waals surface area contributed by atoms with E-state index in [1.54, 1.807) is 17.9 Å². The van der Waals surface area contributed by atoms with Crippen LogP contribution < -0.4 is 10.6 Å². The Hall–Kier alpha value is -1.82. The number of rotatable bonds is 5. The summed E-state index contributed by atoms with van der Waals surface area (Å²) in [7, 11) is 1.64. The van der Waals surface area contributed by atoms with Gasteiger partial charge in [0.2, 0.25) is 0 Å². The molecule has 0 spiro atoms. The first-order valence-electron chi connectivity index (χ1n) is 8.78. The fraction of sp³-hybridized carbons (Fsp3) is 0.444. The number of hydrogen-bond acceptors (Lipinski definition) is 3. The Kier molecular flexibility index (Phi) is 8.10. The molecule has 2 heterocycles. The molecule has 2 N–H and O–H groups in total. The third-order valence-corrected chi connectivity index (χ3v) is 4.36. The highest BCUT2D eigenvalue weighted by molar-refractivity contribution is 14.0. The number of aromatic nitrogens is 2. The van der Waals surface area contributed by atoms with E-state index in [0.29, 0.717) is 32.0 Å². The number of hydrogen-bond donors (Lipinski definition) is 2. The van der Waals surface area contributed by atoms with Crippen molar-refractivity contribution in [2.45, 2.75) is 25.2 Å². The van der Waals surface area contributed by atoms with Gasteiger partial charge in [0.05, 0.1) is 18.4 Å². The molecule has 0 aliphatic carbocycles. The number of benzene rings is 1. The van der Waals surface area contributed by atoms with E-state index < -0.39 is 12.7 Å². The molecule has 154 valence electrons. The van der Waals surface area contributed by atoms with Gasteiger partial charge in [-0.1, -0.05) is 18.2 Å². The topological polar surface area (TPSA) is 57.5 Å². The molecule has 1 aliphatic rings. The van der Waals surface area contributed by atoms with Crippen LogP contribution in [0.1, 0.15) is 12.0 Å². The van der Waals surface area contributed by atoms with E-state index in [-0.39, 0.29) is 30.0 Å². The summed E-state index contributed by atoms with van der Waals surface area (Å²) < 4.78 is 39.3. The lowest BCUT2D eigenvalue weighted by Gasteiger charge is -2.19. The van der Waals surface area contributed by atoms with Crippen LogP contribution in [0.2, 0.25) is 0 Å². The Morgan fingerprint density at radius 1 is 1.29 bits per heavy atom. The second kappa shape index (κ2) is 10.1. The maximum absolute atomic E-state index is 12.5. The summed E-state index contributed by atoms with van der Waals surface area (Å²) in [5.74, 6) is 0.571. The maximum Gasteiger partial charge on any atom is 0.401 e. The number of para-hydroxylation sites is 1. The Balaban J connectivity index is 0.00000280. The van der Waals surface area contributed by atoms with Crippen molar-refractivity contribution in [3.63, 3.8) is 0 Å². The van der Waals surface area contributed by atoms with Crippen LogP contribution in [-0.2, 0) is 6.54 Å². The summed E-state index contributed by atoms with van der Waals surface area (Å²) in [5, 5.41) is 10.7. The molecule has 2 aromatic rings. The van der Waals surface area contributed by atoms with Crippen LogP contribution in [0, 0.1) is 0 Å². The minimum absolute atomic E-state index is 0. The van der Waals surface area contributed by atoms with Gasteiger partial charge in [0, 0.05) is 44.5 Å². The lowest BCUT2D eigenvalue weighted by atomic mass is 10.3. The van der Waals surface area contributed by atoms with Crippen LogP contribution in [0.5, 0.6) is 0 Å². The van der Waals surface area contributed by atoms with Gasteiger partial charge >= 0.3 is 6.18 Å². The fourth-order valence-electron chi connectivity index (χ4n) is 3.09. The molecule has 1 atom stereocenters. The number of halogens is 4. The Morgan fingerprint density at radius 3 is 2.71 bits per heavy atom. The highest BCUT2D eigenvalue weighted by Crippen LogP contribution is 2.19. The van der Waals surface area contributed by atoms with Crippen molar-refractivity contribution >= 4 is 29.9 Å². The summed E-state index contributed by atoms with van der Waals surface area (Å²) in [4.78, 5) is 5.57. The molecular weight excluding hydrogens is 484 g/mol. The largest absolute Gasteiger partial charge is 0.401 e. The monoisotopic (exact) mass is 508 g/mol. The molecule has 1 fully saturated rings. The van der Waals surface area contributed by atoms with E-state index in [1.807, 2.05) is 36.5 Å². The SMILES string of the molecule is CN=C(NCc1cnn(-c2ccccc2)c1)NC1CCN(CC(F)(F)F)C1.I. The van der Waals surface area contributed by atoms with Crippen LogP contribution in [0.4, 0.5) is 13.2 Å². The second-order valence-corrected chi connectivity index (χ2v) is 6.53. The zero-order chi connectivity index (χ0) is 19.3. The number of nitrogens with one attached hydrogen (secondary N) is 2.